The SMILES string of the molecule is Cc1ccccc1.N=C(N)c1cccc2ccccc12.N=Cc1ccc(-c2ccccc2)c2sc3c(-c4ccccc4)cc(-c4ccccc4)cc3c12. The molecule has 0 unspecified atom stereocenters. The van der Waals surface area contributed by atoms with E-state index in [2.05, 4.69) is 134 Å². The molecule has 0 bridgehead atoms. The van der Waals surface area contributed by atoms with Crippen LogP contribution in [0.3, 0.4) is 0 Å². The van der Waals surface area contributed by atoms with Crippen molar-refractivity contribution in [3.8, 4) is 33.4 Å². The van der Waals surface area contributed by atoms with Crippen molar-refractivity contribution in [2.24, 2.45) is 5.73 Å². The van der Waals surface area contributed by atoms with Gasteiger partial charge in [-0.2, -0.15) is 0 Å². The van der Waals surface area contributed by atoms with Gasteiger partial charge in [0.05, 0.1) is 0 Å². The molecule has 0 aliphatic carbocycles. The Morgan fingerprint density at radius 3 is 1.64 bits per heavy atom. The number of aryl methyl sites for hydroxylation is 1. The first-order chi connectivity index (χ1) is 26.0. The molecule has 9 aromatic rings. The van der Waals surface area contributed by atoms with E-state index in [1.54, 1.807) is 0 Å². The van der Waals surface area contributed by atoms with E-state index in [0.717, 1.165) is 21.9 Å². The number of nitrogens with one attached hydrogen (secondary N) is 2. The third-order valence-electron chi connectivity index (χ3n) is 9.20. The van der Waals surface area contributed by atoms with Crippen molar-refractivity contribution in [2.45, 2.75) is 6.92 Å². The molecule has 1 aromatic heterocycles. The minimum absolute atomic E-state index is 0.122. The third kappa shape index (κ3) is 7.69. The monoisotopic (exact) mass is 701 g/mol. The zero-order chi connectivity index (χ0) is 36.6. The molecule has 3 nitrogen and oxygen atoms in total. The minimum Gasteiger partial charge on any atom is -0.384 e. The topological polar surface area (TPSA) is 73.7 Å². The second-order valence-corrected chi connectivity index (χ2v) is 13.8. The lowest BCUT2D eigenvalue weighted by atomic mass is 9.94. The van der Waals surface area contributed by atoms with Crippen LogP contribution in [0.5, 0.6) is 0 Å². The van der Waals surface area contributed by atoms with Crippen molar-refractivity contribution in [3.05, 3.63) is 205 Å². The van der Waals surface area contributed by atoms with E-state index >= 15 is 0 Å². The summed E-state index contributed by atoms with van der Waals surface area (Å²) < 4.78 is 2.50. The van der Waals surface area contributed by atoms with Crippen molar-refractivity contribution in [3.63, 3.8) is 0 Å². The Balaban J connectivity index is 0.000000177. The van der Waals surface area contributed by atoms with Crippen molar-refractivity contribution >= 4 is 54.3 Å². The van der Waals surface area contributed by atoms with Crippen molar-refractivity contribution in [1.82, 2.24) is 0 Å². The molecule has 256 valence electrons. The summed E-state index contributed by atoms with van der Waals surface area (Å²) in [6.45, 7) is 2.08. The number of hydrogen-bond donors (Lipinski definition) is 3. The number of hydrogen-bond acceptors (Lipinski definition) is 3. The van der Waals surface area contributed by atoms with E-state index in [1.165, 1.54) is 65.3 Å². The molecule has 53 heavy (non-hydrogen) atoms. The van der Waals surface area contributed by atoms with Crippen LogP contribution in [0.25, 0.3) is 64.3 Å². The largest absolute Gasteiger partial charge is 0.384 e. The number of rotatable bonds is 5. The lowest BCUT2D eigenvalue weighted by Crippen LogP contribution is -2.11. The first kappa shape index (κ1) is 34.8. The van der Waals surface area contributed by atoms with Crippen molar-refractivity contribution in [2.75, 3.05) is 0 Å². The van der Waals surface area contributed by atoms with Crippen LogP contribution in [-0.4, -0.2) is 12.1 Å². The summed E-state index contributed by atoms with van der Waals surface area (Å²) in [7, 11) is 0. The maximum Gasteiger partial charge on any atom is 0.123 e. The molecule has 9 rings (SSSR count). The van der Waals surface area contributed by atoms with E-state index in [4.69, 9.17) is 16.6 Å². The molecular formula is C49H39N3S. The lowest BCUT2D eigenvalue weighted by molar-refractivity contribution is 1.44. The normalized spacial score (nSPS) is 10.6. The Morgan fingerprint density at radius 1 is 0.509 bits per heavy atom. The molecule has 4 N–H and O–H groups in total. The van der Waals surface area contributed by atoms with Crippen molar-refractivity contribution < 1.29 is 0 Å². The summed E-state index contributed by atoms with van der Waals surface area (Å²) in [5.74, 6) is 0.122. The predicted octanol–water partition coefficient (Wildman–Crippen LogP) is 13.2. The Kier molecular flexibility index (Phi) is 10.6. The highest BCUT2D eigenvalue weighted by Crippen LogP contribution is 2.46. The quantitative estimate of drug-likeness (QED) is 0.121. The molecule has 0 fully saturated rings. The molecule has 1 heterocycles. The molecule has 0 aliphatic rings. The standard InChI is InChI=1S/C31H21NS.C11H10N2.C7H8/c32-20-24-16-17-26(22-12-6-2-7-13-22)31-29(24)28-19-25(21-10-4-1-5-11-21)18-27(30(28)33-31)23-14-8-3-9-15-23;12-11(13)10-7-3-5-8-4-1-2-6-9(8)10;1-7-5-3-2-4-6-7/h1-20,32H;1-7H,(H3,12,13);2-6H,1H3. The summed E-state index contributed by atoms with van der Waals surface area (Å²) >= 11 is 1.83. The zero-order valence-corrected chi connectivity index (χ0v) is 30.3. The Bertz CT molecular complexity index is 2640. The molecule has 0 atom stereocenters. The zero-order valence-electron chi connectivity index (χ0n) is 29.5. The van der Waals surface area contributed by atoms with Crippen LogP contribution >= 0.6 is 11.3 Å². The van der Waals surface area contributed by atoms with E-state index < -0.39 is 0 Å². The van der Waals surface area contributed by atoms with Gasteiger partial charge in [0.1, 0.15) is 5.84 Å². The number of fused-ring (bicyclic) bond motifs is 4. The van der Waals surface area contributed by atoms with Gasteiger partial charge in [0.15, 0.2) is 0 Å². The van der Waals surface area contributed by atoms with Gasteiger partial charge in [0.2, 0.25) is 0 Å². The fraction of sp³-hybridized carbons (Fsp3) is 0.0204. The average molecular weight is 702 g/mol. The van der Waals surface area contributed by atoms with Gasteiger partial charge in [-0.25, -0.2) is 0 Å². The van der Waals surface area contributed by atoms with Crippen LogP contribution in [0.1, 0.15) is 16.7 Å². The van der Waals surface area contributed by atoms with Crippen LogP contribution in [0.2, 0.25) is 0 Å². The number of benzene rings is 8. The molecule has 4 heteroatoms. The average Bonchev–Trinajstić information content (AvgIpc) is 3.61. The molecule has 0 spiro atoms. The molecule has 0 saturated heterocycles. The summed E-state index contributed by atoms with van der Waals surface area (Å²) in [5, 5.41) is 20.1. The molecule has 0 amide bonds. The summed E-state index contributed by atoms with van der Waals surface area (Å²) in [6, 6.07) is 64.6. The maximum absolute atomic E-state index is 8.13. The number of nitrogen functional groups attached to an aromatic ring is 1. The highest BCUT2D eigenvalue weighted by Gasteiger charge is 2.18. The number of thiophene rings is 1. The van der Waals surface area contributed by atoms with E-state index in [-0.39, 0.29) is 5.84 Å². The van der Waals surface area contributed by atoms with Gasteiger partial charge in [0, 0.05) is 43.1 Å². The van der Waals surface area contributed by atoms with Gasteiger partial charge in [-0.1, -0.05) is 181 Å². The second-order valence-electron chi connectivity index (χ2n) is 12.7. The third-order valence-corrected chi connectivity index (χ3v) is 10.5. The van der Waals surface area contributed by atoms with Crippen LogP contribution < -0.4 is 5.73 Å². The molecule has 0 aliphatic heterocycles. The Morgan fingerprint density at radius 2 is 1.06 bits per heavy atom. The molecule has 8 aromatic carbocycles. The van der Waals surface area contributed by atoms with Gasteiger partial charge in [0.25, 0.3) is 0 Å². The first-order valence-electron chi connectivity index (χ1n) is 17.6. The van der Waals surface area contributed by atoms with Crippen molar-refractivity contribution in [1.29, 1.82) is 10.8 Å². The summed E-state index contributed by atoms with van der Waals surface area (Å²) in [6.07, 6.45) is 1.49. The van der Waals surface area contributed by atoms with Gasteiger partial charge in [-0.05, 0) is 57.6 Å². The second kappa shape index (κ2) is 16.2. The number of nitrogens with two attached hydrogens (primary N) is 1. The van der Waals surface area contributed by atoms with Gasteiger partial charge in [-0.3, -0.25) is 5.41 Å². The molecule has 0 saturated carbocycles. The smallest absolute Gasteiger partial charge is 0.123 e. The summed E-state index contributed by atoms with van der Waals surface area (Å²) in [4.78, 5) is 0. The van der Waals surface area contributed by atoms with Gasteiger partial charge >= 0.3 is 0 Å². The van der Waals surface area contributed by atoms with Gasteiger partial charge in [-0.15, -0.1) is 11.3 Å². The van der Waals surface area contributed by atoms with E-state index in [9.17, 15) is 0 Å². The van der Waals surface area contributed by atoms with Crippen LogP contribution in [0.4, 0.5) is 0 Å². The molecular weight excluding hydrogens is 663 g/mol. The highest BCUT2D eigenvalue weighted by atomic mass is 32.1. The fourth-order valence-electron chi connectivity index (χ4n) is 6.60. The number of amidine groups is 1. The van der Waals surface area contributed by atoms with Gasteiger partial charge < -0.3 is 11.1 Å². The lowest BCUT2D eigenvalue weighted by Gasteiger charge is -2.09. The summed E-state index contributed by atoms with van der Waals surface area (Å²) in [5.41, 5.74) is 15.8. The highest BCUT2D eigenvalue weighted by molar-refractivity contribution is 7.27. The van der Waals surface area contributed by atoms with E-state index in [1.807, 2.05) is 72.0 Å². The Labute approximate surface area is 314 Å². The molecule has 0 radical (unpaired) electrons. The maximum atomic E-state index is 8.13. The fourth-order valence-corrected chi connectivity index (χ4v) is 7.99. The first-order valence-corrected chi connectivity index (χ1v) is 18.4. The predicted molar refractivity (Wildman–Crippen MR) is 230 cm³/mol. The van der Waals surface area contributed by atoms with E-state index in [0.29, 0.717) is 0 Å². The van der Waals surface area contributed by atoms with Crippen LogP contribution in [0.15, 0.2) is 188 Å². The Hall–Kier alpha value is -6.62. The minimum atomic E-state index is 0.122. The van der Waals surface area contributed by atoms with Crippen LogP contribution in [-0.2, 0) is 0 Å². The van der Waals surface area contributed by atoms with Crippen LogP contribution in [0, 0.1) is 17.7 Å².